The Hall–Kier alpha value is -1.43. The summed E-state index contributed by atoms with van der Waals surface area (Å²) in [6.07, 6.45) is 1.07. The predicted octanol–water partition coefficient (Wildman–Crippen LogP) is 3.29. The van der Waals surface area contributed by atoms with Crippen molar-refractivity contribution in [1.29, 1.82) is 0 Å². The molecule has 0 radical (unpaired) electrons. The first-order valence-corrected chi connectivity index (χ1v) is 5.40. The van der Waals surface area contributed by atoms with Crippen LogP contribution >= 0.6 is 11.6 Å². The molecule has 1 aromatic heterocycles. The van der Waals surface area contributed by atoms with Crippen molar-refractivity contribution in [2.24, 2.45) is 0 Å². The third-order valence-corrected chi connectivity index (χ3v) is 1.91. The normalized spacial score (nSPS) is 11.5. The van der Waals surface area contributed by atoms with E-state index in [9.17, 15) is 13.6 Å². The molecule has 0 amide bonds. The lowest BCUT2D eigenvalue weighted by molar-refractivity contribution is -0.0527. The summed E-state index contributed by atoms with van der Waals surface area (Å²) < 4.78 is 33.1. The third-order valence-electron chi connectivity index (χ3n) is 1.64. The highest BCUT2D eigenvalue weighted by Gasteiger charge is 2.20. The average molecular weight is 280 g/mol. The molecule has 0 aliphatic carbocycles. The molecule has 0 aliphatic heterocycles. The number of pyridine rings is 1. The average Bonchev–Trinajstić information content (AvgIpc) is 2.17. The van der Waals surface area contributed by atoms with Crippen LogP contribution in [0.2, 0.25) is 5.02 Å². The molecule has 18 heavy (non-hydrogen) atoms. The highest BCUT2D eigenvalue weighted by Crippen LogP contribution is 2.24. The Labute approximate surface area is 108 Å². The van der Waals surface area contributed by atoms with Crippen LogP contribution in [0.25, 0.3) is 0 Å². The number of ether oxygens (including phenoxy) is 2. The first kappa shape index (κ1) is 14.6. The van der Waals surface area contributed by atoms with Gasteiger partial charge in [-0.2, -0.15) is 8.78 Å². The molecule has 0 aromatic carbocycles. The largest absolute Gasteiger partial charge is 0.456 e. The Morgan fingerprint density at radius 3 is 2.50 bits per heavy atom. The number of carbonyl (C=O) groups is 1. The fourth-order valence-electron chi connectivity index (χ4n) is 1.05. The molecule has 0 aliphatic rings. The van der Waals surface area contributed by atoms with E-state index in [0.29, 0.717) is 0 Å². The van der Waals surface area contributed by atoms with Crippen molar-refractivity contribution in [2.75, 3.05) is 0 Å². The van der Waals surface area contributed by atoms with Crippen LogP contribution in [0.4, 0.5) is 8.78 Å². The van der Waals surface area contributed by atoms with Crippen LogP contribution in [0, 0.1) is 0 Å². The van der Waals surface area contributed by atoms with E-state index in [-0.39, 0.29) is 10.6 Å². The number of hydrogen-bond acceptors (Lipinski definition) is 4. The summed E-state index contributed by atoms with van der Waals surface area (Å²) in [6, 6.07) is 1.17. The summed E-state index contributed by atoms with van der Waals surface area (Å²) in [6.45, 7) is 2.08. The van der Waals surface area contributed by atoms with E-state index >= 15 is 0 Å². The van der Waals surface area contributed by atoms with Gasteiger partial charge in [-0.25, -0.2) is 9.78 Å². The summed E-state index contributed by atoms with van der Waals surface area (Å²) >= 11 is 5.66. The second kappa shape index (κ2) is 5.48. The molecular weight excluding hydrogens is 268 g/mol. The van der Waals surface area contributed by atoms with Crippen LogP contribution in [0.1, 0.15) is 31.1 Å². The van der Waals surface area contributed by atoms with E-state index in [1.54, 1.807) is 20.8 Å². The summed E-state index contributed by atoms with van der Waals surface area (Å²) in [5.41, 5.74) is -0.599. The topological polar surface area (TPSA) is 48.4 Å². The van der Waals surface area contributed by atoms with Crippen molar-refractivity contribution >= 4 is 17.6 Å². The third kappa shape index (κ3) is 4.44. The van der Waals surface area contributed by atoms with Crippen molar-refractivity contribution in [2.45, 2.75) is 33.0 Å². The fourth-order valence-corrected chi connectivity index (χ4v) is 1.26. The fraction of sp³-hybridized carbons (Fsp3) is 0.455. The SMILES string of the molecule is CC(C)(C)OC(=O)c1cnc(OC(F)F)c(Cl)c1. The molecule has 0 spiro atoms. The highest BCUT2D eigenvalue weighted by atomic mass is 35.5. The van der Waals surface area contributed by atoms with Crippen LogP contribution in [0.5, 0.6) is 5.88 Å². The number of esters is 1. The zero-order chi connectivity index (χ0) is 13.9. The molecule has 0 N–H and O–H groups in total. The van der Waals surface area contributed by atoms with Crippen LogP contribution in [-0.2, 0) is 4.74 Å². The number of nitrogens with zero attached hydrogens (tertiary/aromatic N) is 1. The second-order valence-electron chi connectivity index (χ2n) is 4.39. The Morgan fingerprint density at radius 1 is 1.44 bits per heavy atom. The second-order valence-corrected chi connectivity index (χ2v) is 4.80. The smallest absolute Gasteiger partial charge is 0.388 e. The maximum absolute atomic E-state index is 12.0. The van der Waals surface area contributed by atoms with Gasteiger partial charge in [0.05, 0.1) is 5.56 Å². The zero-order valence-corrected chi connectivity index (χ0v) is 10.8. The van der Waals surface area contributed by atoms with E-state index in [2.05, 4.69) is 9.72 Å². The van der Waals surface area contributed by atoms with Gasteiger partial charge in [-0.05, 0) is 26.8 Å². The molecular formula is C11H12ClF2NO3. The van der Waals surface area contributed by atoms with E-state index < -0.39 is 24.1 Å². The molecule has 0 unspecified atom stereocenters. The van der Waals surface area contributed by atoms with Crippen molar-refractivity contribution in [3.8, 4) is 5.88 Å². The van der Waals surface area contributed by atoms with Gasteiger partial charge in [0, 0.05) is 6.20 Å². The first-order valence-electron chi connectivity index (χ1n) is 5.03. The Kier molecular flexibility index (Phi) is 4.45. The minimum atomic E-state index is -3.03. The lowest BCUT2D eigenvalue weighted by atomic mass is 10.2. The van der Waals surface area contributed by atoms with Gasteiger partial charge in [0.1, 0.15) is 10.6 Å². The maximum Gasteiger partial charge on any atom is 0.388 e. The van der Waals surface area contributed by atoms with E-state index in [4.69, 9.17) is 16.3 Å². The van der Waals surface area contributed by atoms with Crippen LogP contribution in [0.15, 0.2) is 12.3 Å². The highest BCUT2D eigenvalue weighted by molar-refractivity contribution is 6.32. The molecule has 1 aromatic rings. The van der Waals surface area contributed by atoms with Gasteiger partial charge in [0.2, 0.25) is 5.88 Å². The summed E-state index contributed by atoms with van der Waals surface area (Å²) in [5, 5.41) is -0.182. The van der Waals surface area contributed by atoms with Gasteiger partial charge in [0.25, 0.3) is 0 Å². The predicted molar refractivity (Wildman–Crippen MR) is 61.0 cm³/mol. The van der Waals surface area contributed by atoms with Gasteiger partial charge in [0.15, 0.2) is 0 Å². The summed E-state index contributed by atoms with van der Waals surface area (Å²) in [7, 11) is 0. The zero-order valence-electron chi connectivity index (χ0n) is 10.0. The maximum atomic E-state index is 12.0. The van der Waals surface area contributed by atoms with Crippen molar-refractivity contribution in [3.05, 3.63) is 22.8 Å². The van der Waals surface area contributed by atoms with Crippen molar-refractivity contribution in [1.82, 2.24) is 4.98 Å². The number of hydrogen-bond donors (Lipinski definition) is 0. The van der Waals surface area contributed by atoms with Crippen molar-refractivity contribution in [3.63, 3.8) is 0 Å². The van der Waals surface area contributed by atoms with Gasteiger partial charge >= 0.3 is 12.6 Å². The molecule has 0 bridgehead atoms. The number of aromatic nitrogens is 1. The lowest BCUT2D eigenvalue weighted by Gasteiger charge is -2.19. The first-order chi connectivity index (χ1) is 8.19. The Balaban J connectivity index is 2.87. The van der Waals surface area contributed by atoms with Crippen LogP contribution in [-0.4, -0.2) is 23.2 Å². The molecule has 4 nitrogen and oxygen atoms in total. The quantitative estimate of drug-likeness (QED) is 0.797. The molecule has 1 heterocycles. The molecule has 100 valence electrons. The molecule has 1 rings (SSSR count). The molecule has 0 atom stereocenters. The number of rotatable bonds is 3. The van der Waals surface area contributed by atoms with Gasteiger partial charge in [-0.1, -0.05) is 11.6 Å². The van der Waals surface area contributed by atoms with E-state index in [1.807, 2.05) is 0 Å². The number of carbonyl (C=O) groups excluding carboxylic acids is 1. The minimum absolute atomic E-state index is 0.0662. The summed E-state index contributed by atoms with van der Waals surface area (Å²) in [4.78, 5) is 15.2. The van der Waals surface area contributed by atoms with Gasteiger partial charge in [-0.3, -0.25) is 0 Å². The van der Waals surface area contributed by atoms with E-state index in [0.717, 1.165) is 6.20 Å². The standard InChI is InChI=1S/C11H12ClF2NO3/c1-11(2,3)18-9(16)6-4-7(12)8(15-5-6)17-10(13)14/h4-5,10H,1-3H3. The lowest BCUT2D eigenvalue weighted by Crippen LogP contribution is -2.24. The molecule has 0 saturated heterocycles. The monoisotopic (exact) mass is 279 g/mol. The molecule has 7 heteroatoms. The van der Waals surface area contributed by atoms with Crippen molar-refractivity contribution < 1.29 is 23.0 Å². The van der Waals surface area contributed by atoms with Gasteiger partial charge in [-0.15, -0.1) is 0 Å². The minimum Gasteiger partial charge on any atom is -0.456 e. The Bertz CT molecular complexity index is 446. The number of halogens is 3. The van der Waals surface area contributed by atoms with Crippen LogP contribution in [0.3, 0.4) is 0 Å². The molecule has 0 saturated carbocycles. The number of alkyl halides is 2. The van der Waals surface area contributed by atoms with Crippen LogP contribution < -0.4 is 4.74 Å². The van der Waals surface area contributed by atoms with E-state index in [1.165, 1.54) is 6.07 Å². The van der Waals surface area contributed by atoms with Gasteiger partial charge < -0.3 is 9.47 Å². The Morgan fingerprint density at radius 2 is 2.06 bits per heavy atom. The summed E-state index contributed by atoms with van der Waals surface area (Å²) in [5.74, 6) is -1.07. The molecule has 0 fully saturated rings.